The van der Waals surface area contributed by atoms with Crippen LogP contribution in [0.1, 0.15) is 0 Å². The van der Waals surface area contributed by atoms with Gasteiger partial charge in [0, 0.05) is 23.0 Å². The van der Waals surface area contributed by atoms with Crippen molar-refractivity contribution in [1.82, 2.24) is 4.98 Å². The van der Waals surface area contributed by atoms with Crippen molar-refractivity contribution in [3.05, 3.63) is 53.3 Å². The lowest BCUT2D eigenvalue weighted by molar-refractivity contribution is 0.584. The minimum atomic E-state index is -0.632. The molecule has 0 atom stereocenters. The molecule has 2 rings (SSSR count). The Morgan fingerprint density at radius 2 is 1.94 bits per heavy atom. The maximum absolute atomic E-state index is 13.3. The van der Waals surface area contributed by atoms with E-state index >= 15 is 0 Å². The van der Waals surface area contributed by atoms with E-state index in [9.17, 15) is 8.78 Å². The van der Waals surface area contributed by atoms with Gasteiger partial charge < -0.3 is 5.32 Å². The van der Waals surface area contributed by atoms with E-state index in [4.69, 9.17) is 11.6 Å². The summed E-state index contributed by atoms with van der Waals surface area (Å²) in [5, 5.41) is 3.12. The average Bonchev–Trinajstić information content (AvgIpc) is 2.24. The van der Waals surface area contributed by atoms with Crippen molar-refractivity contribution in [1.29, 1.82) is 0 Å². The highest BCUT2D eigenvalue weighted by Gasteiger charge is 2.03. The van der Waals surface area contributed by atoms with Crippen molar-refractivity contribution in [3.63, 3.8) is 0 Å². The number of nitrogens with one attached hydrogen (secondary N) is 1. The normalized spacial score (nSPS) is 10.2. The zero-order valence-corrected chi connectivity index (χ0v) is 8.80. The van der Waals surface area contributed by atoms with Gasteiger partial charge in [-0.15, -0.1) is 0 Å². The van der Waals surface area contributed by atoms with Crippen molar-refractivity contribution < 1.29 is 8.78 Å². The molecule has 0 radical (unpaired) electrons. The summed E-state index contributed by atoms with van der Waals surface area (Å²) < 4.78 is 26.1. The highest BCUT2D eigenvalue weighted by Crippen LogP contribution is 2.23. The maximum atomic E-state index is 13.3. The van der Waals surface area contributed by atoms with Crippen LogP contribution in [-0.4, -0.2) is 4.98 Å². The molecule has 1 N–H and O–H groups in total. The second-order valence-corrected chi connectivity index (χ2v) is 3.55. The van der Waals surface area contributed by atoms with Crippen LogP contribution in [0.5, 0.6) is 0 Å². The summed E-state index contributed by atoms with van der Waals surface area (Å²) in [6.07, 6.45) is 1.29. The number of rotatable bonds is 2. The summed E-state index contributed by atoms with van der Waals surface area (Å²) >= 11 is 5.72. The lowest BCUT2D eigenvalue weighted by Gasteiger charge is -2.07. The van der Waals surface area contributed by atoms with Gasteiger partial charge in [0.05, 0.1) is 5.69 Å². The number of hydrogen-bond acceptors (Lipinski definition) is 2. The molecule has 0 bridgehead atoms. The Balaban J connectivity index is 2.30. The van der Waals surface area contributed by atoms with E-state index in [0.717, 1.165) is 0 Å². The van der Waals surface area contributed by atoms with Crippen LogP contribution < -0.4 is 5.32 Å². The predicted molar refractivity (Wildman–Crippen MR) is 58.9 cm³/mol. The van der Waals surface area contributed by atoms with Gasteiger partial charge >= 0.3 is 0 Å². The molecule has 2 aromatic rings. The molecule has 1 aromatic carbocycles. The van der Waals surface area contributed by atoms with E-state index in [2.05, 4.69) is 10.3 Å². The molecule has 0 saturated carbocycles. The van der Waals surface area contributed by atoms with E-state index in [1.165, 1.54) is 36.5 Å². The zero-order chi connectivity index (χ0) is 11.5. The van der Waals surface area contributed by atoms with Gasteiger partial charge in [-0.1, -0.05) is 11.6 Å². The molecule has 1 heterocycles. The van der Waals surface area contributed by atoms with Gasteiger partial charge in [-0.05, 0) is 24.3 Å². The first kappa shape index (κ1) is 10.8. The molecule has 0 aliphatic heterocycles. The predicted octanol–water partition coefficient (Wildman–Crippen LogP) is 3.76. The number of halogens is 3. The fourth-order valence-corrected chi connectivity index (χ4v) is 1.40. The van der Waals surface area contributed by atoms with Crippen molar-refractivity contribution in [2.75, 3.05) is 5.32 Å². The fraction of sp³-hybridized carbons (Fsp3) is 0. The second-order valence-electron chi connectivity index (χ2n) is 3.12. The number of pyridine rings is 1. The van der Waals surface area contributed by atoms with E-state index in [1.807, 2.05) is 0 Å². The first-order valence-electron chi connectivity index (χ1n) is 4.49. The quantitative estimate of drug-likeness (QED) is 0.809. The van der Waals surface area contributed by atoms with E-state index in [-0.39, 0.29) is 5.69 Å². The minimum Gasteiger partial charge on any atom is -0.353 e. The van der Waals surface area contributed by atoms with E-state index in [1.54, 1.807) is 0 Å². The van der Waals surface area contributed by atoms with Gasteiger partial charge in [-0.3, -0.25) is 0 Å². The molecule has 0 fully saturated rings. The molecule has 5 heteroatoms. The molecular formula is C11H7ClF2N2. The lowest BCUT2D eigenvalue weighted by Crippen LogP contribution is -1.95. The summed E-state index contributed by atoms with van der Waals surface area (Å²) in [6, 6.07) is 6.80. The minimum absolute atomic E-state index is 0.193. The Bertz CT molecular complexity index is 517. The van der Waals surface area contributed by atoms with Crippen molar-refractivity contribution >= 4 is 23.0 Å². The first-order chi connectivity index (χ1) is 7.65. The largest absolute Gasteiger partial charge is 0.353 e. The molecule has 2 nitrogen and oxygen atoms in total. The summed E-state index contributed by atoms with van der Waals surface area (Å²) in [5.74, 6) is -1.09. The molecule has 0 amide bonds. The third kappa shape index (κ3) is 2.46. The van der Waals surface area contributed by atoms with Crippen LogP contribution in [0.4, 0.5) is 20.2 Å². The summed E-state index contributed by atoms with van der Waals surface area (Å²) in [6.45, 7) is 0. The smallest absolute Gasteiger partial charge is 0.214 e. The molecule has 0 spiro atoms. The van der Waals surface area contributed by atoms with Crippen LogP contribution in [0.2, 0.25) is 5.02 Å². The molecule has 16 heavy (non-hydrogen) atoms. The van der Waals surface area contributed by atoms with E-state index in [0.29, 0.717) is 10.7 Å². The summed E-state index contributed by atoms with van der Waals surface area (Å²) in [7, 11) is 0. The van der Waals surface area contributed by atoms with Crippen molar-refractivity contribution in [2.24, 2.45) is 0 Å². The third-order valence-corrected chi connectivity index (χ3v) is 2.17. The SMILES string of the molecule is Fc1cc(Nc2cc(Cl)ccc2F)ccn1. The summed E-state index contributed by atoms with van der Waals surface area (Å²) in [5.41, 5.74) is 0.603. The Morgan fingerprint density at radius 1 is 1.12 bits per heavy atom. The zero-order valence-electron chi connectivity index (χ0n) is 8.05. The number of hydrogen-bond donors (Lipinski definition) is 1. The Morgan fingerprint density at radius 3 is 2.69 bits per heavy atom. The van der Waals surface area contributed by atoms with Crippen LogP contribution in [0, 0.1) is 11.8 Å². The standard InChI is InChI=1S/C11H7ClF2N2/c12-7-1-2-9(13)10(5-7)16-8-3-4-15-11(14)6-8/h1-6H,(H,15,16). The van der Waals surface area contributed by atoms with Gasteiger partial charge in [-0.2, -0.15) is 4.39 Å². The molecule has 0 unspecified atom stereocenters. The topological polar surface area (TPSA) is 24.9 Å². The highest BCUT2D eigenvalue weighted by atomic mass is 35.5. The van der Waals surface area contributed by atoms with Crippen molar-refractivity contribution in [2.45, 2.75) is 0 Å². The van der Waals surface area contributed by atoms with Crippen molar-refractivity contribution in [3.8, 4) is 0 Å². The highest BCUT2D eigenvalue weighted by molar-refractivity contribution is 6.30. The molecule has 82 valence electrons. The number of benzene rings is 1. The number of anilines is 2. The van der Waals surface area contributed by atoms with Gasteiger partial charge in [0.2, 0.25) is 5.95 Å². The van der Waals surface area contributed by atoms with Gasteiger partial charge in [0.15, 0.2) is 0 Å². The monoisotopic (exact) mass is 240 g/mol. The molecule has 0 aliphatic rings. The second kappa shape index (κ2) is 4.45. The van der Waals surface area contributed by atoms with Crippen LogP contribution in [0.25, 0.3) is 0 Å². The molecule has 0 aliphatic carbocycles. The average molecular weight is 241 g/mol. The third-order valence-electron chi connectivity index (χ3n) is 1.93. The van der Waals surface area contributed by atoms with Crippen LogP contribution in [0.3, 0.4) is 0 Å². The van der Waals surface area contributed by atoms with E-state index < -0.39 is 11.8 Å². The lowest BCUT2D eigenvalue weighted by atomic mass is 10.3. The van der Waals surface area contributed by atoms with Crippen LogP contribution in [0.15, 0.2) is 36.5 Å². The number of nitrogens with zero attached hydrogens (tertiary/aromatic N) is 1. The Kier molecular flexibility index (Phi) is 3.01. The first-order valence-corrected chi connectivity index (χ1v) is 4.86. The number of aromatic nitrogens is 1. The fourth-order valence-electron chi connectivity index (χ4n) is 1.23. The van der Waals surface area contributed by atoms with Crippen LogP contribution >= 0.6 is 11.6 Å². The molecule has 1 aromatic heterocycles. The van der Waals surface area contributed by atoms with Gasteiger partial charge in [-0.25, -0.2) is 9.37 Å². The Labute approximate surface area is 95.9 Å². The Hall–Kier alpha value is -1.68. The molecular weight excluding hydrogens is 234 g/mol. The van der Waals surface area contributed by atoms with Crippen LogP contribution in [-0.2, 0) is 0 Å². The molecule has 0 saturated heterocycles. The van der Waals surface area contributed by atoms with Gasteiger partial charge in [0.1, 0.15) is 5.82 Å². The maximum Gasteiger partial charge on any atom is 0.214 e. The summed E-state index contributed by atoms with van der Waals surface area (Å²) in [4.78, 5) is 3.39. The van der Waals surface area contributed by atoms with Gasteiger partial charge in [0.25, 0.3) is 0 Å².